The van der Waals surface area contributed by atoms with Crippen molar-refractivity contribution in [2.24, 2.45) is 10.8 Å². The molecule has 0 spiro atoms. The normalized spacial score (nSPS) is 23.0. The largest absolute Gasteiger partial charge is 0.388 e. The predicted molar refractivity (Wildman–Crippen MR) is 81.0 cm³/mol. The molecule has 1 aliphatic rings. The number of rotatable bonds is 3. The third-order valence-electron chi connectivity index (χ3n) is 5.16. The number of halogens is 1. The lowest BCUT2D eigenvalue weighted by Gasteiger charge is -2.47. The molecule has 1 atom stereocenters. The summed E-state index contributed by atoms with van der Waals surface area (Å²) in [6, 6.07) is 8.56. The van der Waals surface area contributed by atoms with E-state index in [9.17, 15) is 14.8 Å². The average Bonchev–Trinajstić information content (AvgIpc) is 2.41. The first-order valence-corrected chi connectivity index (χ1v) is 7.58. The van der Waals surface area contributed by atoms with Gasteiger partial charge in [-0.05, 0) is 55.7 Å². The van der Waals surface area contributed by atoms with Crippen molar-refractivity contribution >= 4 is 0 Å². The molecule has 0 radical (unpaired) electrons. The van der Waals surface area contributed by atoms with Crippen LogP contribution in [-0.2, 0) is 6.42 Å². The zero-order valence-corrected chi connectivity index (χ0v) is 13.1. The zero-order chi connectivity index (χ0) is 15.7. The van der Waals surface area contributed by atoms with Gasteiger partial charge in [0.25, 0.3) is 0 Å². The van der Waals surface area contributed by atoms with Gasteiger partial charge in [-0.25, -0.2) is 4.39 Å². The van der Waals surface area contributed by atoms with Crippen molar-refractivity contribution in [3.8, 4) is 6.07 Å². The quantitative estimate of drug-likeness (QED) is 0.905. The van der Waals surface area contributed by atoms with Crippen LogP contribution in [0.2, 0.25) is 0 Å². The summed E-state index contributed by atoms with van der Waals surface area (Å²) in [6.07, 6.45) is 3.69. The Labute approximate surface area is 126 Å². The van der Waals surface area contributed by atoms with Crippen molar-refractivity contribution in [1.29, 1.82) is 5.26 Å². The Kier molecular flexibility index (Phi) is 4.13. The predicted octanol–water partition coefficient (Wildman–Crippen LogP) is 4.23. The zero-order valence-electron chi connectivity index (χ0n) is 13.1. The van der Waals surface area contributed by atoms with E-state index in [0.29, 0.717) is 19.3 Å². The highest BCUT2D eigenvalue weighted by Crippen LogP contribution is 2.51. The van der Waals surface area contributed by atoms with Crippen LogP contribution in [0.5, 0.6) is 0 Å². The van der Waals surface area contributed by atoms with Gasteiger partial charge < -0.3 is 5.11 Å². The lowest BCUT2D eigenvalue weighted by molar-refractivity contribution is -0.0709. The Morgan fingerprint density at radius 2 is 1.71 bits per heavy atom. The average molecular weight is 289 g/mol. The number of benzene rings is 1. The van der Waals surface area contributed by atoms with Crippen LogP contribution >= 0.6 is 0 Å². The maximum atomic E-state index is 13.0. The molecule has 0 saturated heterocycles. The SMILES string of the molecule is CC1(C)CCC(C#N)(C(C)(O)Cc2ccc(F)cc2)CC1. The van der Waals surface area contributed by atoms with Crippen LogP contribution in [0.15, 0.2) is 24.3 Å². The fraction of sp³-hybridized carbons (Fsp3) is 0.611. The van der Waals surface area contributed by atoms with E-state index >= 15 is 0 Å². The number of nitrogens with zero attached hydrogens (tertiary/aromatic N) is 1. The lowest BCUT2D eigenvalue weighted by atomic mass is 9.58. The third-order valence-corrected chi connectivity index (χ3v) is 5.16. The van der Waals surface area contributed by atoms with Crippen molar-refractivity contribution in [1.82, 2.24) is 0 Å². The molecular weight excluding hydrogens is 265 g/mol. The highest BCUT2D eigenvalue weighted by atomic mass is 19.1. The highest BCUT2D eigenvalue weighted by Gasteiger charge is 2.50. The van der Waals surface area contributed by atoms with Gasteiger partial charge in [0.05, 0.1) is 17.1 Å². The molecule has 0 heterocycles. The summed E-state index contributed by atoms with van der Waals surface area (Å²) in [5.74, 6) is -0.284. The van der Waals surface area contributed by atoms with Crippen LogP contribution in [-0.4, -0.2) is 10.7 Å². The molecule has 1 aliphatic carbocycles. The molecule has 21 heavy (non-hydrogen) atoms. The number of hydrogen-bond donors (Lipinski definition) is 1. The molecule has 0 aromatic heterocycles. The number of nitriles is 1. The van der Waals surface area contributed by atoms with Crippen LogP contribution in [0, 0.1) is 28.0 Å². The van der Waals surface area contributed by atoms with Gasteiger partial charge in [0.1, 0.15) is 5.82 Å². The second-order valence-electron chi connectivity index (χ2n) is 7.44. The second-order valence-corrected chi connectivity index (χ2v) is 7.44. The first kappa shape index (κ1) is 16.0. The summed E-state index contributed by atoms with van der Waals surface area (Å²) in [5.41, 5.74) is -0.708. The molecule has 2 rings (SSSR count). The Hall–Kier alpha value is -1.40. The molecule has 1 aromatic rings. The molecule has 1 N–H and O–H groups in total. The van der Waals surface area contributed by atoms with Crippen molar-refractivity contribution in [2.45, 2.75) is 58.5 Å². The Balaban J connectivity index is 2.20. The maximum absolute atomic E-state index is 13.0. The summed E-state index contributed by atoms with van der Waals surface area (Å²) in [6.45, 7) is 6.17. The summed E-state index contributed by atoms with van der Waals surface area (Å²) in [4.78, 5) is 0. The molecule has 0 amide bonds. The van der Waals surface area contributed by atoms with Crippen LogP contribution in [0.3, 0.4) is 0 Å². The Morgan fingerprint density at radius 3 is 2.19 bits per heavy atom. The van der Waals surface area contributed by atoms with Crippen molar-refractivity contribution in [3.63, 3.8) is 0 Å². The molecule has 3 heteroatoms. The highest BCUT2D eigenvalue weighted by molar-refractivity contribution is 5.22. The van der Waals surface area contributed by atoms with E-state index in [4.69, 9.17) is 0 Å². The van der Waals surface area contributed by atoms with Gasteiger partial charge in [0, 0.05) is 6.42 Å². The fourth-order valence-electron chi connectivity index (χ4n) is 3.29. The van der Waals surface area contributed by atoms with Gasteiger partial charge in [-0.3, -0.25) is 0 Å². The van der Waals surface area contributed by atoms with E-state index in [-0.39, 0.29) is 11.2 Å². The molecule has 0 bridgehead atoms. The molecule has 0 aliphatic heterocycles. The second kappa shape index (κ2) is 5.42. The van der Waals surface area contributed by atoms with E-state index in [0.717, 1.165) is 18.4 Å². The summed E-state index contributed by atoms with van der Waals surface area (Å²) >= 11 is 0. The van der Waals surface area contributed by atoms with Gasteiger partial charge in [-0.1, -0.05) is 26.0 Å². The summed E-state index contributed by atoms with van der Waals surface area (Å²) < 4.78 is 13.0. The molecule has 1 aromatic carbocycles. The number of hydrogen-bond acceptors (Lipinski definition) is 2. The topological polar surface area (TPSA) is 44.0 Å². The minimum absolute atomic E-state index is 0.242. The molecule has 2 nitrogen and oxygen atoms in total. The van der Waals surface area contributed by atoms with Gasteiger partial charge in [-0.2, -0.15) is 5.26 Å². The van der Waals surface area contributed by atoms with E-state index < -0.39 is 11.0 Å². The maximum Gasteiger partial charge on any atom is 0.123 e. The van der Waals surface area contributed by atoms with E-state index in [1.54, 1.807) is 19.1 Å². The molecular formula is C18H24FNO. The van der Waals surface area contributed by atoms with E-state index in [1.165, 1.54) is 12.1 Å². The summed E-state index contributed by atoms with van der Waals surface area (Å²) in [5, 5.41) is 20.7. The van der Waals surface area contributed by atoms with Crippen LogP contribution in [0.25, 0.3) is 0 Å². The first-order chi connectivity index (χ1) is 9.70. The van der Waals surface area contributed by atoms with Gasteiger partial charge in [0.2, 0.25) is 0 Å². The smallest absolute Gasteiger partial charge is 0.123 e. The van der Waals surface area contributed by atoms with Crippen LogP contribution in [0.1, 0.15) is 52.0 Å². The number of aliphatic hydroxyl groups is 1. The van der Waals surface area contributed by atoms with Crippen molar-refractivity contribution in [3.05, 3.63) is 35.6 Å². The molecule has 1 fully saturated rings. The van der Waals surface area contributed by atoms with Crippen molar-refractivity contribution < 1.29 is 9.50 Å². The fourth-order valence-corrected chi connectivity index (χ4v) is 3.29. The minimum Gasteiger partial charge on any atom is -0.388 e. The standard InChI is InChI=1S/C18H24FNO/c1-16(2)8-10-18(13-20,11-9-16)17(3,21)12-14-4-6-15(19)7-5-14/h4-7,21H,8-12H2,1-3H3. The summed E-state index contributed by atoms with van der Waals surface area (Å²) in [7, 11) is 0. The lowest BCUT2D eigenvalue weighted by Crippen LogP contribution is -2.49. The molecule has 1 unspecified atom stereocenters. The van der Waals surface area contributed by atoms with Crippen LogP contribution < -0.4 is 0 Å². The van der Waals surface area contributed by atoms with E-state index in [1.807, 2.05) is 0 Å². The Bertz CT molecular complexity index is 529. The molecule has 1 saturated carbocycles. The van der Waals surface area contributed by atoms with Gasteiger partial charge in [-0.15, -0.1) is 0 Å². The monoisotopic (exact) mass is 289 g/mol. The van der Waals surface area contributed by atoms with Crippen LogP contribution in [0.4, 0.5) is 4.39 Å². The van der Waals surface area contributed by atoms with E-state index in [2.05, 4.69) is 19.9 Å². The minimum atomic E-state index is -1.10. The Morgan fingerprint density at radius 1 is 1.19 bits per heavy atom. The molecule has 114 valence electrons. The van der Waals surface area contributed by atoms with Crippen molar-refractivity contribution in [2.75, 3.05) is 0 Å². The van der Waals surface area contributed by atoms with Gasteiger partial charge in [0.15, 0.2) is 0 Å². The first-order valence-electron chi connectivity index (χ1n) is 7.58. The van der Waals surface area contributed by atoms with Gasteiger partial charge >= 0.3 is 0 Å². The third kappa shape index (κ3) is 3.27.